The van der Waals surface area contributed by atoms with Crippen LogP contribution in [0.5, 0.6) is 0 Å². The van der Waals surface area contributed by atoms with E-state index in [-0.39, 0.29) is 25.7 Å². The number of rotatable bonds is 80. The molecule has 17 nitrogen and oxygen atoms in total. The van der Waals surface area contributed by atoms with Crippen LogP contribution in [0.4, 0.5) is 0 Å². The number of unbranched alkanes of at least 4 members (excludes halogenated alkanes) is 45. The Balaban J connectivity index is 5.23. The van der Waals surface area contributed by atoms with Crippen LogP contribution in [0.25, 0.3) is 0 Å². The average Bonchev–Trinajstić information content (AvgIpc) is 0.961. The van der Waals surface area contributed by atoms with Crippen molar-refractivity contribution in [3.8, 4) is 0 Å². The highest BCUT2D eigenvalue weighted by molar-refractivity contribution is 7.47. The number of esters is 4. The van der Waals surface area contributed by atoms with Crippen LogP contribution >= 0.6 is 15.6 Å². The Morgan fingerprint density at radius 2 is 0.471 bits per heavy atom. The first-order valence-corrected chi connectivity index (χ1v) is 45.7. The van der Waals surface area contributed by atoms with Crippen molar-refractivity contribution in [1.82, 2.24) is 0 Å². The van der Waals surface area contributed by atoms with Crippen LogP contribution in [0.1, 0.15) is 428 Å². The molecule has 0 radical (unpaired) electrons. The van der Waals surface area contributed by atoms with Crippen molar-refractivity contribution < 1.29 is 80.2 Å². The van der Waals surface area contributed by atoms with Crippen molar-refractivity contribution in [2.24, 2.45) is 23.7 Å². The summed E-state index contributed by atoms with van der Waals surface area (Å²) in [5.41, 5.74) is 0. The monoisotopic (exact) mass is 1490 g/mol. The first-order chi connectivity index (χ1) is 49.1. The molecule has 0 saturated heterocycles. The highest BCUT2D eigenvalue weighted by atomic mass is 31.2. The van der Waals surface area contributed by atoms with Crippen LogP contribution in [-0.2, 0) is 65.4 Å². The predicted molar refractivity (Wildman–Crippen MR) is 418 cm³/mol. The first kappa shape index (κ1) is 100. The Bertz CT molecular complexity index is 1990. The average molecular weight is 1490 g/mol. The van der Waals surface area contributed by atoms with Gasteiger partial charge in [-0.3, -0.25) is 37.3 Å². The van der Waals surface area contributed by atoms with E-state index in [2.05, 4.69) is 55.4 Å². The van der Waals surface area contributed by atoms with Crippen LogP contribution in [-0.4, -0.2) is 96.7 Å². The van der Waals surface area contributed by atoms with E-state index < -0.39 is 97.5 Å². The van der Waals surface area contributed by atoms with Gasteiger partial charge >= 0.3 is 39.5 Å². The maximum Gasteiger partial charge on any atom is 0.472 e. The summed E-state index contributed by atoms with van der Waals surface area (Å²) in [5.74, 6) is 1.02. The summed E-state index contributed by atoms with van der Waals surface area (Å²) >= 11 is 0. The fourth-order valence-electron chi connectivity index (χ4n) is 12.8. The molecule has 0 aliphatic rings. The van der Waals surface area contributed by atoms with Crippen molar-refractivity contribution in [3.63, 3.8) is 0 Å². The van der Waals surface area contributed by atoms with Gasteiger partial charge in [0, 0.05) is 25.7 Å². The zero-order chi connectivity index (χ0) is 75.3. The molecule has 0 fully saturated rings. The number of hydrogen-bond acceptors (Lipinski definition) is 15. The number of phosphoric acid groups is 2. The summed E-state index contributed by atoms with van der Waals surface area (Å²) < 4.78 is 68.8. The molecule has 0 aliphatic carbocycles. The van der Waals surface area contributed by atoms with Crippen molar-refractivity contribution in [2.75, 3.05) is 39.6 Å². The van der Waals surface area contributed by atoms with Crippen LogP contribution in [0, 0.1) is 23.7 Å². The zero-order valence-corrected chi connectivity index (χ0v) is 69.0. The molecule has 0 aromatic carbocycles. The van der Waals surface area contributed by atoms with Gasteiger partial charge in [-0.1, -0.05) is 376 Å². The molecule has 102 heavy (non-hydrogen) atoms. The molecule has 0 amide bonds. The fraction of sp³-hybridized carbons (Fsp3) is 0.952. The molecule has 0 rings (SSSR count). The van der Waals surface area contributed by atoms with E-state index >= 15 is 0 Å². The number of aliphatic hydroxyl groups is 1. The Morgan fingerprint density at radius 1 is 0.275 bits per heavy atom. The second-order valence-corrected chi connectivity index (χ2v) is 34.4. The molecular weight excluding hydrogens is 1330 g/mol. The first-order valence-electron chi connectivity index (χ1n) is 42.7. The van der Waals surface area contributed by atoms with Crippen LogP contribution < -0.4 is 0 Å². The molecule has 0 aromatic heterocycles. The molecule has 0 aromatic rings. The topological polar surface area (TPSA) is 237 Å². The van der Waals surface area contributed by atoms with Crippen LogP contribution in [0.3, 0.4) is 0 Å². The van der Waals surface area contributed by atoms with Gasteiger partial charge in [0.05, 0.1) is 26.4 Å². The summed E-state index contributed by atoms with van der Waals surface area (Å²) in [5, 5.41) is 10.6. The number of phosphoric ester groups is 2. The summed E-state index contributed by atoms with van der Waals surface area (Å²) in [6.07, 6.45) is 59.7. The standard InChI is InChI=1S/C83H162O17P2/c1-9-76(8)62-54-46-38-29-23-19-16-17-20-24-30-39-47-55-63-80(85)93-69-78(99-82(87)65-57-49-41-31-25-21-15-13-11-10-12-14-18-22-27-35-43-51-59-73(2)3)71-97-101(89,90)95-67-77(84)68-96-102(91,92)98-72-79(70-94-81(86)64-56-48-40-34-33-37-45-53-61-75(6)7)100-83(88)66-58-50-42-32-26-28-36-44-52-60-74(4)5/h73-79,84H,9-72H2,1-8H3,(H,89,90)(H,91,92)/t76?,77?,78-,79-/m1/s1. The SMILES string of the molecule is CCC(C)CCCCCCCCCCCCCCCCC(=O)OC[C@H](COP(=O)(O)OCC(O)COP(=O)(O)OC[C@@H](COC(=O)CCCCCCCCCCC(C)C)OC(=O)CCCCCCCCCCCC(C)C)OC(=O)CCCCCCCCCCCCCCCCCCCCC(C)C. The zero-order valence-electron chi connectivity index (χ0n) is 67.2. The van der Waals surface area contributed by atoms with Crippen LogP contribution in [0.2, 0.25) is 0 Å². The maximum atomic E-state index is 13.1. The summed E-state index contributed by atoms with van der Waals surface area (Å²) in [7, 11) is -9.92. The second kappa shape index (κ2) is 72.0. The number of aliphatic hydroxyl groups excluding tert-OH is 1. The second-order valence-electron chi connectivity index (χ2n) is 31.5. The van der Waals surface area contributed by atoms with E-state index in [1.165, 1.54) is 231 Å². The number of carbonyl (C=O) groups is 4. The third kappa shape index (κ3) is 74.9. The fourth-order valence-corrected chi connectivity index (χ4v) is 14.3. The Hall–Kier alpha value is -1.94. The Labute approximate surface area is 626 Å². The van der Waals surface area contributed by atoms with Crippen molar-refractivity contribution in [3.05, 3.63) is 0 Å². The number of ether oxygens (including phenoxy) is 4. The summed E-state index contributed by atoms with van der Waals surface area (Å²) in [4.78, 5) is 73.1. The molecule has 0 bridgehead atoms. The van der Waals surface area contributed by atoms with Crippen molar-refractivity contribution in [1.29, 1.82) is 0 Å². The van der Waals surface area contributed by atoms with Gasteiger partial charge in [-0.15, -0.1) is 0 Å². The molecular formula is C83H162O17P2. The van der Waals surface area contributed by atoms with Gasteiger partial charge in [0.15, 0.2) is 12.2 Å². The van der Waals surface area contributed by atoms with Gasteiger partial charge < -0.3 is 33.8 Å². The molecule has 0 aliphatic heterocycles. The lowest BCUT2D eigenvalue weighted by Gasteiger charge is -2.21. The lowest BCUT2D eigenvalue weighted by atomic mass is 9.99. The lowest BCUT2D eigenvalue weighted by molar-refractivity contribution is -0.161. The van der Waals surface area contributed by atoms with E-state index in [0.29, 0.717) is 25.7 Å². The van der Waals surface area contributed by atoms with E-state index in [1.54, 1.807) is 0 Å². The minimum absolute atomic E-state index is 0.105. The minimum Gasteiger partial charge on any atom is -0.462 e. The predicted octanol–water partition coefficient (Wildman–Crippen LogP) is 24.8. The molecule has 3 N–H and O–H groups in total. The Kier molecular flexibility index (Phi) is 70.6. The smallest absolute Gasteiger partial charge is 0.462 e. The van der Waals surface area contributed by atoms with Gasteiger partial charge in [0.1, 0.15) is 19.3 Å². The van der Waals surface area contributed by atoms with Crippen LogP contribution in [0.15, 0.2) is 0 Å². The quantitative estimate of drug-likeness (QED) is 0.0222. The lowest BCUT2D eigenvalue weighted by Crippen LogP contribution is -2.30. The highest BCUT2D eigenvalue weighted by Crippen LogP contribution is 2.45. The van der Waals surface area contributed by atoms with E-state index in [9.17, 15) is 43.2 Å². The third-order valence-electron chi connectivity index (χ3n) is 19.7. The largest absolute Gasteiger partial charge is 0.472 e. The van der Waals surface area contributed by atoms with Gasteiger partial charge in [-0.05, 0) is 49.4 Å². The van der Waals surface area contributed by atoms with Gasteiger partial charge in [-0.25, -0.2) is 9.13 Å². The van der Waals surface area contributed by atoms with Gasteiger partial charge in [0.25, 0.3) is 0 Å². The molecule has 0 saturated carbocycles. The summed E-state index contributed by atoms with van der Waals surface area (Å²) in [6.45, 7) is 14.3. The third-order valence-corrected chi connectivity index (χ3v) is 21.6. The Morgan fingerprint density at radius 3 is 0.696 bits per heavy atom. The summed E-state index contributed by atoms with van der Waals surface area (Å²) in [6, 6.07) is 0. The number of carbonyl (C=O) groups excluding carboxylic acids is 4. The molecule has 6 atom stereocenters. The maximum absolute atomic E-state index is 13.1. The van der Waals surface area contributed by atoms with E-state index in [4.69, 9.17) is 37.0 Å². The van der Waals surface area contributed by atoms with Crippen molar-refractivity contribution >= 4 is 39.5 Å². The van der Waals surface area contributed by atoms with Crippen molar-refractivity contribution in [2.45, 2.75) is 446 Å². The normalized spacial score (nSPS) is 14.3. The minimum atomic E-state index is -4.96. The molecule has 0 spiro atoms. The number of hydrogen-bond donors (Lipinski definition) is 3. The van der Waals surface area contributed by atoms with E-state index in [1.807, 2.05) is 0 Å². The molecule has 19 heteroatoms. The van der Waals surface area contributed by atoms with Gasteiger partial charge in [-0.2, -0.15) is 0 Å². The molecule has 4 unspecified atom stereocenters. The van der Waals surface area contributed by atoms with E-state index in [0.717, 1.165) is 114 Å². The molecule has 606 valence electrons. The molecule has 0 heterocycles. The highest BCUT2D eigenvalue weighted by Gasteiger charge is 2.30. The van der Waals surface area contributed by atoms with Gasteiger partial charge in [0.2, 0.25) is 0 Å².